The third-order valence-electron chi connectivity index (χ3n) is 3.64. The van der Waals surface area contributed by atoms with Crippen molar-refractivity contribution in [3.05, 3.63) is 36.0 Å². The fourth-order valence-corrected chi connectivity index (χ4v) is 2.30. The molecule has 0 aromatic carbocycles. The number of nitrogens with zero attached hydrogens (tertiary/aromatic N) is 1. The summed E-state index contributed by atoms with van der Waals surface area (Å²) >= 11 is 0. The van der Waals surface area contributed by atoms with E-state index in [1.165, 1.54) is 37.9 Å². The third-order valence-corrected chi connectivity index (χ3v) is 3.64. The Bertz CT molecular complexity index is 291. The van der Waals surface area contributed by atoms with Crippen molar-refractivity contribution in [3.8, 4) is 0 Å². The molecule has 1 nitrogen and oxygen atoms in total. The van der Waals surface area contributed by atoms with Crippen LogP contribution in [0, 0.1) is 5.92 Å². The number of piperidine rings is 1. The Kier molecular flexibility index (Phi) is 6.28. The topological polar surface area (TPSA) is 3.24 Å². The van der Waals surface area contributed by atoms with Crippen LogP contribution in [-0.4, -0.2) is 24.5 Å². The molecule has 1 saturated heterocycles. The predicted molar refractivity (Wildman–Crippen MR) is 77.2 cm³/mol. The van der Waals surface area contributed by atoms with Gasteiger partial charge >= 0.3 is 0 Å². The lowest BCUT2D eigenvalue weighted by Crippen LogP contribution is -2.34. The summed E-state index contributed by atoms with van der Waals surface area (Å²) in [4.78, 5) is 2.57. The molecule has 0 atom stereocenters. The molecule has 1 aliphatic rings. The zero-order valence-electron chi connectivity index (χ0n) is 11.7. The van der Waals surface area contributed by atoms with Gasteiger partial charge in [-0.2, -0.15) is 0 Å². The highest BCUT2D eigenvalue weighted by molar-refractivity contribution is 5.26. The molecule has 0 aromatic heterocycles. The lowest BCUT2D eigenvalue weighted by atomic mass is 9.94. The van der Waals surface area contributed by atoms with Crippen LogP contribution >= 0.6 is 0 Å². The SMILES string of the molecule is C=C(C)/C=C\C(=CC)CN1CCC(CC)CC1. The molecule has 1 heteroatoms. The van der Waals surface area contributed by atoms with Crippen LogP contribution in [0.25, 0.3) is 0 Å². The first-order valence-corrected chi connectivity index (χ1v) is 6.86. The quantitative estimate of drug-likeness (QED) is 0.644. The van der Waals surface area contributed by atoms with Crippen LogP contribution in [0.5, 0.6) is 0 Å². The maximum atomic E-state index is 3.90. The van der Waals surface area contributed by atoms with Gasteiger partial charge in [0.05, 0.1) is 0 Å². The van der Waals surface area contributed by atoms with E-state index in [-0.39, 0.29) is 0 Å². The van der Waals surface area contributed by atoms with Crippen molar-refractivity contribution in [2.75, 3.05) is 19.6 Å². The van der Waals surface area contributed by atoms with Crippen molar-refractivity contribution in [2.45, 2.75) is 40.0 Å². The van der Waals surface area contributed by atoms with Crippen molar-refractivity contribution in [1.82, 2.24) is 4.90 Å². The molecule has 17 heavy (non-hydrogen) atoms. The molecular formula is C16H27N. The number of allylic oxidation sites excluding steroid dienone is 3. The van der Waals surface area contributed by atoms with E-state index in [0.29, 0.717) is 0 Å². The van der Waals surface area contributed by atoms with Crippen LogP contribution < -0.4 is 0 Å². The summed E-state index contributed by atoms with van der Waals surface area (Å²) in [7, 11) is 0. The van der Waals surface area contributed by atoms with Gasteiger partial charge in [0.2, 0.25) is 0 Å². The zero-order chi connectivity index (χ0) is 12.7. The van der Waals surface area contributed by atoms with E-state index in [4.69, 9.17) is 0 Å². The maximum Gasteiger partial charge on any atom is 0.0230 e. The van der Waals surface area contributed by atoms with E-state index >= 15 is 0 Å². The molecule has 0 aromatic rings. The van der Waals surface area contributed by atoms with Crippen molar-refractivity contribution >= 4 is 0 Å². The van der Waals surface area contributed by atoms with Crippen LogP contribution in [-0.2, 0) is 0 Å². The van der Waals surface area contributed by atoms with Gasteiger partial charge in [0.15, 0.2) is 0 Å². The molecule has 0 aliphatic carbocycles. The van der Waals surface area contributed by atoms with E-state index in [0.717, 1.165) is 18.0 Å². The number of hydrogen-bond donors (Lipinski definition) is 0. The molecule has 0 bridgehead atoms. The lowest BCUT2D eigenvalue weighted by Gasteiger charge is -2.31. The number of rotatable bonds is 5. The van der Waals surface area contributed by atoms with E-state index in [1.807, 2.05) is 6.92 Å². The van der Waals surface area contributed by atoms with Crippen LogP contribution in [0.4, 0.5) is 0 Å². The van der Waals surface area contributed by atoms with E-state index in [1.54, 1.807) is 0 Å². The first-order valence-electron chi connectivity index (χ1n) is 6.86. The Hall–Kier alpha value is -0.820. The van der Waals surface area contributed by atoms with Gasteiger partial charge in [-0.1, -0.05) is 43.7 Å². The maximum absolute atomic E-state index is 3.90. The molecule has 1 aliphatic heterocycles. The van der Waals surface area contributed by atoms with Crippen LogP contribution in [0.2, 0.25) is 0 Å². The Balaban J connectivity index is 2.40. The highest BCUT2D eigenvalue weighted by Gasteiger charge is 2.17. The smallest absolute Gasteiger partial charge is 0.0230 e. The second kappa shape index (κ2) is 7.50. The minimum absolute atomic E-state index is 0.964. The molecule has 0 saturated carbocycles. The summed E-state index contributed by atoms with van der Waals surface area (Å²) in [6.45, 7) is 14.0. The van der Waals surface area contributed by atoms with E-state index < -0.39 is 0 Å². The zero-order valence-corrected chi connectivity index (χ0v) is 11.7. The summed E-state index contributed by atoms with van der Waals surface area (Å²) in [6, 6.07) is 0. The minimum Gasteiger partial charge on any atom is -0.299 e. The van der Waals surface area contributed by atoms with Crippen molar-refractivity contribution in [2.24, 2.45) is 5.92 Å². The van der Waals surface area contributed by atoms with E-state index in [2.05, 4.69) is 43.6 Å². The van der Waals surface area contributed by atoms with Crippen LogP contribution in [0.3, 0.4) is 0 Å². The van der Waals surface area contributed by atoms with Gasteiger partial charge in [-0.25, -0.2) is 0 Å². The number of hydrogen-bond acceptors (Lipinski definition) is 1. The van der Waals surface area contributed by atoms with Gasteiger partial charge < -0.3 is 0 Å². The summed E-state index contributed by atoms with van der Waals surface area (Å²) in [5, 5.41) is 0. The summed E-state index contributed by atoms with van der Waals surface area (Å²) < 4.78 is 0. The second-order valence-electron chi connectivity index (χ2n) is 5.17. The Labute approximate surface area is 107 Å². The van der Waals surface area contributed by atoms with E-state index in [9.17, 15) is 0 Å². The fraction of sp³-hybridized carbons (Fsp3) is 0.625. The molecule has 96 valence electrons. The minimum atomic E-state index is 0.964. The number of likely N-dealkylation sites (tertiary alicyclic amines) is 1. The van der Waals surface area contributed by atoms with Gasteiger partial charge in [-0.15, -0.1) is 0 Å². The molecular weight excluding hydrogens is 206 g/mol. The molecule has 0 amide bonds. The largest absolute Gasteiger partial charge is 0.299 e. The summed E-state index contributed by atoms with van der Waals surface area (Å²) in [6.07, 6.45) is 10.6. The normalized spacial score (nSPS) is 20.1. The first kappa shape index (κ1) is 14.2. The van der Waals surface area contributed by atoms with Crippen molar-refractivity contribution < 1.29 is 0 Å². The Morgan fingerprint density at radius 1 is 1.29 bits per heavy atom. The molecule has 0 unspecified atom stereocenters. The fourth-order valence-electron chi connectivity index (χ4n) is 2.30. The summed E-state index contributed by atoms with van der Waals surface area (Å²) in [5.41, 5.74) is 2.52. The van der Waals surface area contributed by atoms with Gasteiger partial charge in [0, 0.05) is 6.54 Å². The molecule has 0 spiro atoms. The molecule has 1 heterocycles. The molecule has 1 fully saturated rings. The third kappa shape index (κ3) is 5.36. The monoisotopic (exact) mass is 233 g/mol. The van der Waals surface area contributed by atoms with Gasteiger partial charge in [0.1, 0.15) is 0 Å². The summed E-state index contributed by atoms with van der Waals surface area (Å²) in [5.74, 6) is 0.964. The average molecular weight is 233 g/mol. The molecule has 0 N–H and O–H groups in total. The Morgan fingerprint density at radius 3 is 2.41 bits per heavy atom. The molecule has 1 rings (SSSR count). The lowest BCUT2D eigenvalue weighted by molar-refractivity contribution is 0.195. The standard InChI is InChI=1S/C16H27N/c1-5-15-9-11-17(12-10-15)13-16(6-2)8-7-14(3)4/h6-8,15H,3,5,9-13H2,1-2,4H3/b8-7-,16-6?. The highest BCUT2D eigenvalue weighted by Crippen LogP contribution is 2.20. The second-order valence-corrected chi connectivity index (χ2v) is 5.17. The average Bonchev–Trinajstić information content (AvgIpc) is 2.35. The Morgan fingerprint density at radius 2 is 1.94 bits per heavy atom. The first-order chi connectivity index (χ1) is 8.15. The highest BCUT2D eigenvalue weighted by atomic mass is 15.1. The predicted octanol–water partition coefficient (Wildman–Crippen LogP) is 4.19. The van der Waals surface area contributed by atoms with Gasteiger partial charge in [0.25, 0.3) is 0 Å². The van der Waals surface area contributed by atoms with Crippen LogP contribution in [0.15, 0.2) is 36.0 Å². The van der Waals surface area contributed by atoms with Gasteiger partial charge in [-0.3, -0.25) is 4.90 Å². The molecule has 0 radical (unpaired) electrons. The van der Waals surface area contributed by atoms with Crippen molar-refractivity contribution in [3.63, 3.8) is 0 Å². The van der Waals surface area contributed by atoms with Gasteiger partial charge in [-0.05, 0) is 51.3 Å². The van der Waals surface area contributed by atoms with Crippen molar-refractivity contribution in [1.29, 1.82) is 0 Å². The van der Waals surface area contributed by atoms with Crippen LogP contribution in [0.1, 0.15) is 40.0 Å².